The second kappa shape index (κ2) is 7.89. The van der Waals surface area contributed by atoms with Crippen LogP contribution in [0.5, 0.6) is 11.5 Å². The van der Waals surface area contributed by atoms with Crippen molar-refractivity contribution < 1.29 is 15.3 Å². The van der Waals surface area contributed by atoms with E-state index in [1.807, 2.05) is 16.5 Å². The minimum atomic E-state index is -0.532. The molecule has 0 aliphatic heterocycles. The van der Waals surface area contributed by atoms with E-state index in [1.165, 1.54) is 12.1 Å². The van der Waals surface area contributed by atoms with Crippen LogP contribution < -0.4 is 10.2 Å². The smallest absolute Gasteiger partial charge is 0.226 e. The molecule has 0 spiro atoms. The van der Waals surface area contributed by atoms with E-state index in [0.29, 0.717) is 36.0 Å². The molecule has 1 aromatic carbocycles. The number of rotatable bonds is 7. The van der Waals surface area contributed by atoms with E-state index in [0.717, 1.165) is 5.56 Å². The maximum Gasteiger partial charge on any atom is 0.226 e. The number of aromatic nitrogens is 4. The average Bonchev–Trinajstić information content (AvgIpc) is 3.06. The minimum Gasteiger partial charge on any atom is -0.504 e. The summed E-state index contributed by atoms with van der Waals surface area (Å²) in [5, 5.41) is 31.9. The molecule has 0 amide bonds. The van der Waals surface area contributed by atoms with E-state index in [9.17, 15) is 15.3 Å². The topological polar surface area (TPSA) is 120 Å². The Hall–Kier alpha value is -3.07. The van der Waals surface area contributed by atoms with Gasteiger partial charge in [0.2, 0.25) is 5.95 Å². The standard InChI is InChI=1S/C19H26N6O3/c1-11(2)25-10-21-16-17(22-19(23-18(16)25)20-8-12(3)26)24(4)9-13-5-6-14(27)15(28)7-13/h5-7,10-12,26-28H,8-9H2,1-4H3,(H,20,22,23). The highest BCUT2D eigenvalue weighted by Crippen LogP contribution is 2.29. The van der Waals surface area contributed by atoms with Gasteiger partial charge in [-0.25, -0.2) is 4.98 Å². The lowest BCUT2D eigenvalue weighted by molar-refractivity contribution is 0.208. The third-order valence-electron chi connectivity index (χ3n) is 4.34. The molecule has 2 aromatic heterocycles. The highest BCUT2D eigenvalue weighted by atomic mass is 16.3. The van der Waals surface area contributed by atoms with Gasteiger partial charge in [0.1, 0.15) is 0 Å². The van der Waals surface area contributed by atoms with Crippen molar-refractivity contribution >= 4 is 22.9 Å². The van der Waals surface area contributed by atoms with Crippen LogP contribution in [0, 0.1) is 0 Å². The molecule has 0 radical (unpaired) electrons. The van der Waals surface area contributed by atoms with Crippen LogP contribution in [0.25, 0.3) is 11.2 Å². The van der Waals surface area contributed by atoms with Gasteiger partial charge in [-0.3, -0.25) is 0 Å². The van der Waals surface area contributed by atoms with E-state index < -0.39 is 6.10 Å². The molecule has 0 aliphatic carbocycles. The number of phenols is 2. The summed E-state index contributed by atoms with van der Waals surface area (Å²) >= 11 is 0. The molecule has 150 valence electrons. The number of anilines is 2. The molecule has 0 saturated carbocycles. The van der Waals surface area contributed by atoms with Gasteiger partial charge in [0, 0.05) is 26.2 Å². The number of aromatic hydroxyl groups is 2. The van der Waals surface area contributed by atoms with Crippen LogP contribution in [0.15, 0.2) is 24.5 Å². The lowest BCUT2D eigenvalue weighted by Crippen LogP contribution is -2.21. The third-order valence-corrected chi connectivity index (χ3v) is 4.34. The van der Waals surface area contributed by atoms with Gasteiger partial charge < -0.3 is 30.1 Å². The summed E-state index contributed by atoms with van der Waals surface area (Å²) in [4.78, 5) is 15.6. The molecule has 28 heavy (non-hydrogen) atoms. The third kappa shape index (κ3) is 4.09. The van der Waals surface area contributed by atoms with Crippen LogP contribution in [-0.4, -0.2) is 54.5 Å². The maximum absolute atomic E-state index is 9.74. The first-order chi connectivity index (χ1) is 13.3. The van der Waals surface area contributed by atoms with Crippen molar-refractivity contribution in [2.45, 2.75) is 39.5 Å². The lowest BCUT2D eigenvalue weighted by Gasteiger charge is -2.20. The van der Waals surface area contributed by atoms with Crippen molar-refractivity contribution in [3.05, 3.63) is 30.1 Å². The minimum absolute atomic E-state index is 0.156. The van der Waals surface area contributed by atoms with Crippen molar-refractivity contribution in [3.63, 3.8) is 0 Å². The van der Waals surface area contributed by atoms with Gasteiger partial charge in [-0.15, -0.1) is 0 Å². The van der Waals surface area contributed by atoms with Gasteiger partial charge in [-0.1, -0.05) is 6.07 Å². The van der Waals surface area contributed by atoms with E-state index in [2.05, 4.69) is 34.1 Å². The van der Waals surface area contributed by atoms with Crippen LogP contribution in [0.4, 0.5) is 11.8 Å². The number of hydrogen-bond acceptors (Lipinski definition) is 8. The number of hydrogen-bond donors (Lipinski definition) is 4. The molecular formula is C19H26N6O3. The number of aliphatic hydroxyl groups excluding tert-OH is 1. The summed E-state index contributed by atoms with van der Waals surface area (Å²) < 4.78 is 1.97. The van der Waals surface area contributed by atoms with E-state index in [-0.39, 0.29) is 17.5 Å². The normalized spacial score (nSPS) is 12.5. The van der Waals surface area contributed by atoms with E-state index in [4.69, 9.17) is 0 Å². The average molecular weight is 386 g/mol. The number of imidazole rings is 1. The van der Waals surface area contributed by atoms with Crippen molar-refractivity contribution in [1.82, 2.24) is 19.5 Å². The van der Waals surface area contributed by atoms with Crippen LogP contribution in [0.2, 0.25) is 0 Å². The Morgan fingerprint density at radius 2 is 1.89 bits per heavy atom. The monoisotopic (exact) mass is 386 g/mol. The molecule has 1 atom stereocenters. The number of benzene rings is 1. The Kier molecular flexibility index (Phi) is 5.55. The molecule has 9 nitrogen and oxygen atoms in total. The van der Waals surface area contributed by atoms with Crippen molar-refractivity contribution in [3.8, 4) is 11.5 Å². The zero-order chi connectivity index (χ0) is 20.4. The van der Waals surface area contributed by atoms with Gasteiger partial charge in [-0.05, 0) is 38.5 Å². The number of phenolic OH excluding ortho intramolecular Hbond substituents is 2. The summed E-state index contributed by atoms with van der Waals surface area (Å²) in [6.45, 7) is 6.57. The fraction of sp³-hybridized carbons (Fsp3) is 0.421. The largest absolute Gasteiger partial charge is 0.504 e. The van der Waals surface area contributed by atoms with Crippen LogP contribution >= 0.6 is 0 Å². The predicted molar refractivity (Wildman–Crippen MR) is 108 cm³/mol. The molecule has 1 unspecified atom stereocenters. The quantitative estimate of drug-likeness (QED) is 0.457. The van der Waals surface area contributed by atoms with Crippen LogP contribution in [0.3, 0.4) is 0 Å². The van der Waals surface area contributed by atoms with Gasteiger partial charge in [0.05, 0.1) is 12.4 Å². The van der Waals surface area contributed by atoms with Crippen molar-refractivity contribution in [1.29, 1.82) is 0 Å². The molecule has 0 fully saturated rings. The number of fused-ring (bicyclic) bond motifs is 1. The summed E-state index contributed by atoms with van der Waals surface area (Å²) in [7, 11) is 1.87. The Morgan fingerprint density at radius 1 is 1.14 bits per heavy atom. The fourth-order valence-electron chi connectivity index (χ4n) is 2.88. The maximum atomic E-state index is 9.74. The molecule has 2 heterocycles. The molecule has 3 rings (SSSR count). The summed E-state index contributed by atoms with van der Waals surface area (Å²) in [5.41, 5.74) is 2.18. The fourth-order valence-corrected chi connectivity index (χ4v) is 2.88. The van der Waals surface area contributed by atoms with Gasteiger partial charge in [0.25, 0.3) is 0 Å². The Balaban J connectivity index is 2.00. The molecule has 0 aliphatic rings. The lowest BCUT2D eigenvalue weighted by atomic mass is 10.2. The first kappa shape index (κ1) is 19.7. The Bertz CT molecular complexity index is 970. The van der Waals surface area contributed by atoms with Crippen molar-refractivity contribution in [2.24, 2.45) is 0 Å². The van der Waals surface area contributed by atoms with Gasteiger partial charge in [0.15, 0.2) is 28.5 Å². The molecule has 9 heteroatoms. The first-order valence-corrected chi connectivity index (χ1v) is 9.14. The molecule has 3 aromatic rings. The zero-order valence-electron chi connectivity index (χ0n) is 16.5. The van der Waals surface area contributed by atoms with Crippen LogP contribution in [-0.2, 0) is 6.54 Å². The molecule has 4 N–H and O–H groups in total. The second-order valence-electron chi connectivity index (χ2n) is 7.20. The van der Waals surface area contributed by atoms with E-state index in [1.54, 1.807) is 19.3 Å². The zero-order valence-corrected chi connectivity index (χ0v) is 16.5. The molecular weight excluding hydrogens is 360 g/mol. The summed E-state index contributed by atoms with van der Waals surface area (Å²) in [6, 6.07) is 4.89. The number of nitrogens with zero attached hydrogens (tertiary/aromatic N) is 5. The van der Waals surface area contributed by atoms with Gasteiger partial charge in [-0.2, -0.15) is 9.97 Å². The SMILES string of the molecule is CC(O)CNc1nc(N(C)Cc2ccc(O)c(O)c2)c2ncn(C(C)C)c2n1. The number of aliphatic hydroxyl groups is 1. The summed E-state index contributed by atoms with van der Waals surface area (Å²) in [6.07, 6.45) is 1.21. The predicted octanol–water partition coefficient (Wildman–Crippen LogP) is 2.25. The van der Waals surface area contributed by atoms with E-state index >= 15 is 0 Å². The van der Waals surface area contributed by atoms with Crippen LogP contribution in [0.1, 0.15) is 32.4 Å². The van der Waals surface area contributed by atoms with Crippen molar-refractivity contribution in [2.75, 3.05) is 23.8 Å². The highest BCUT2D eigenvalue weighted by Gasteiger charge is 2.18. The highest BCUT2D eigenvalue weighted by molar-refractivity contribution is 5.85. The second-order valence-corrected chi connectivity index (χ2v) is 7.20. The molecule has 0 saturated heterocycles. The Morgan fingerprint density at radius 3 is 2.54 bits per heavy atom. The first-order valence-electron chi connectivity index (χ1n) is 9.14. The number of nitrogens with one attached hydrogen (secondary N) is 1. The van der Waals surface area contributed by atoms with Gasteiger partial charge >= 0.3 is 0 Å². The summed E-state index contributed by atoms with van der Waals surface area (Å²) in [5.74, 6) is 0.717. The molecule has 0 bridgehead atoms. The Labute approximate surface area is 163 Å².